The highest BCUT2D eigenvalue weighted by atomic mass is 35.5. The lowest BCUT2D eigenvalue weighted by Gasteiger charge is -2.27. The highest BCUT2D eigenvalue weighted by molar-refractivity contribution is 7.99. The minimum absolute atomic E-state index is 0.678. The second kappa shape index (κ2) is 6.01. The first-order valence-corrected chi connectivity index (χ1v) is 9.88. The van der Waals surface area contributed by atoms with E-state index in [1.807, 2.05) is 42.5 Å². The predicted molar refractivity (Wildman–Crippen MR) is 103 cm³/mol. The number of nitrogens with zero attached hydrogens (tertiary/aromatic N) is 5. The fourth-order valence-electron chi connectivity index (χ4n) is 2.82. The van der Waals surface area contributed by atoms with Crippen LogP contribution in [0.4, 0.5) is 5.13 Å². The van der Waals surface area contributed by atoms with Crippen LogP contribution in [0.2, 0.25) is 5.02 Å². The molecule has 1 aliphatic rings. The van der Waals surface area contributed by atoms with E-state index in [9.17, 15) is 0 Å². The van der Waals surface area contributed by atoms with Crippen LogP contribution in [0.25, 0.3) is 21.6 Å². The van der Waals surface area contributed by atoms with Crippen LogP contribution < -0.4 is 4.90 Å². The summed E-state index contributed by atoms with van der Waals surface area (Å²) in [7, 11) is 0. The molecule has 124 valence electrons. The molecule has 0 amide bonds. The van der Waals surface area contributed by atoms with Gasteiger partial charge in [0.2, 0.25) is 0 Å². The van der Waals surface area contributed by atoms with Gasteiger partial charge in [-0.3, -0.25) is 4.57 Å². The largest absolute Gasteiger partial charge is 0.320 e. The summed E-state index contributed by atoms with van der Waals surface area (Å²) < 4.78 is 3.32. The van der Waals surface area contributed by atoms with Crippen molar-refractivity contribution in [1.82, 2.24) is 19.7 Å². The molecular weight excluding hydrogens is 374 g/mol. The van der Waals surface area contributed by atoms with E-state index in [1.54, 1.807) is 23.1 Å². The fraction of sp³-hybridized carbons (Fsp3) is 0.118. The molecule has 0 saturated heterocycles. The quantitative estimate of drug-likeness (QED) is 0.499. The summed E-state index contributed by atoms with van der Waals surface area (Å²) >= 11 is 9.51. The lowest BCUT2D eigenvalue weighted by atomic mass is 10.2. The molecule has 2 aromatic heterocycles. The van der Waals surface area contributed by atoms with Crippen molar-refractivity contribution in [1.29, 1.82) is 0 Å². The molecule has 0 bridgehead atoms. The van der Waals surface area contributed by atoms with Crippen molar-refractivity contribution >= 4 is 50.0 Å². The number of rotatable bonds is 2. The van der Waals surface area contributed by atoms with Crippen molar-refractivity contribution in [3.8, 4) is 11.4 Å². The molecule has 0 N–H and O–H groups in total. The van der Waals surface area contributed by atoms with Crippen LogP contribution >= 0.6 is 34.7 Å². The molecule has 0 aliphatic carbocycles. The van der Waals surface area contributed by atoms with E-state index in [-0.39, 0.29) is 0 Å². The molecule has 8 heteroatoms. The molecule has 0 saturated carbocycles. The highest BCUT2D eigenvalue weighted by Crippen LogP contribution is 2.35. The number of halogens is 1. The first kappa shape index (κ1) is 15.2. The summed E-state index contributed by atoms with van der Waals surface area (Å²) in [4.78, 5) is 7.02. The summed E-state index contributed by atoms with van der Waals surface area (Å²) in [6, 6.07) is 15.9. The topological polar surface area (TPSA) is 46.8 Å². The molecule has 0 radical (unpaired) electrons. The Morgan fingerprint density at radius 2 is 1.96 bits per heavy atom. The molecule has 5 nitrogen and oxygen atoms in total. The van der Waals surface area contributed by atoms with Crippen LogP contribution in [0.5, 0.6) is 0 Å². The van der Waals surface area contributed by atoms with Gasteiger partial charge in [0.1, 0.15) is 6.67 Å². The first-order chi connectivity index (χ1) is 12.3. The minimum Gasteiger partial charge on any atom is -0.320 e. The van der Waals surface area contributed by atoms with E-state index in [0.29, 0.717) is 11.7 Å². The third-order valence-corrected chi connectivity index (χ3v) is 6.35. The van der Waals surface area contributed by atoms with Gasteiger partial charge in [0.25, 0.3) is 0 Å². The van der Waals surface area contributed by atoms with E-state index >= 15 is 0 Å². The number of hydrogen-bond acceptors (Lipinski definition) is 6. The van der Waals surface area contributed by atoms with Gasteiger partial charge in [-0.2, -0.15) is 0 Å². The molecule has 0 atom stereocenters. The van der Waals surface area contributed by atoms with Gasteiger partial charge in [-0.15, -0.1) is 10.2 Å². The normalized spacial score (nSPS) is 14.0. The Morgan fingerprint density at radius 3 is 2.84 bits per heavy atom. The first-order valence-electron chi connectivity index (χ1n) is 7.70. The lowest BCUT2D eigenvalue weighted by molar-refractivity contribution is 0.607. The van der Waals surface area contributed by atoms with E-state index < -0.39 is 0 Å². The number of anilines is 1. The summed E-state index contributed by atoms with van der Waals surface area (Å²) in [6.07, 6.45) is 0. The van der Waals surface area contributed by atoms with Crippen molar-refractivity contribution < 1.29 is 0 Å². The number of thiazole rings is 1. The zero-order chi connectivity index (χ0) is 16.8. The predicted octanol–water partition coefficient (Wildman–Crippen LogP) is 4.74. The van der Waals surface area contributed by atoms with E-state index in [1.165, 1.54) is 4.70 Å². The maximum absolute atomic E-state index is 6.13. The SMILES string of the molecule is Clc1cccc(-c2nnc3n2CN(c2nc4ccccc4s2)CS3)c1. The maximum Gasteiger partial charge on any atom is 0.194 e. The summed E-state index contributed by atoms with van der Waals surface area (Å²) in [6.45, 7) is 0.678. The van der Waals surface area contributed by atoms with Gasteiger partial charge < -0.3 is 4.90 Å². The number of fused-ring (bicyclic) bond motifs is 2. The van der Waals surface area contributed by atoms with Gasteiger partial charge in [-0.25, -0.2) is 4.98 Å². The van der Waals surface area contributed by atoms with Crippen molar-refractivity contribution in [3.05, 3.63) is 53.6 Å². The molecular formula is C17H12ClN5S2. The molecule has 5 rings (SSSR count). The van der Waals surface area contributed by atoms with Gasteiger partial charge in [0.15, 0.2) is 16.1 Å². The van der Waals surface area contributed by atoms with Gasteiger partial charge in [0.05, 0.1) is 16.1 Å². The second-order valence-electron chi connectivity index (χ2n) is 5.66. The number of para-hydroxylation sites is 1. The Balaban J connectivity index is 1.52. The summed E-state index contributed by atoms with van der Waals surface area (Å²) in [5.41, 5.74) is 2.01. The van der Waals surface area contributed by atoms with E-state index in [0.717, 1.165) is 33.1 Å². The molecule has 2 aromatic carbocycles. The maximum atomic E-state index is 6.13. The summed E-state index contributed by atoms with van der Waals surface area (Å²) in [5, 5.41) is 11.3. The third kappa shape index (κ3) is 2.68. The third-order valence-electron chi connectivity index (χ3n) is 4.01. The van der Waals surface area contributed by atoms with Crippen LogP contribution in [0.1, 0.15) is 0 Å². The zero-order valence-corrected chi connectivity index (χ0v) is 15.4. The highest BCUT2D eigenvalue weighted by Gasteiger charge is 2.24. The Kier molecular flexibility index (Phi) is 3.65. The van der Waals surface area contributed by atoms with Crippen molar-refractivity contribution in [3.63, 3.8) is 0 Å². The average Bonchev–Trinajstić information content (AvgIpc) is 3.25. The van der Waals surface area contributed by atoms with E-state index in [2.05, 4.69) is 25.7 Å². The second-order valence-corrected chi connectivity index (χ2v) is 8.02. The van der Waals surface area contributed by atoms with Crippen molar-refractivity contribution in [2.45, 2.75) is 11.8 Å². The van der Waals surface area contributed by atoms with Crippen molar-refractivity contribution in [2.24, 2.45) is 0 Å². The molecule has 0 fully saturated rings. The van der Waals surface area contributed by atoms with Gasteiger partial charge in [-0.1, -0.05) is 59.0 Å². The molecule has 1 aliphatic heterocycles. The molecule has 0 spiro atoms. The Morgan fingerprint density at radius 1 is 1.04 bits per heavy atom. The lowest BCUT2D eigenvalue weighted by Crippen LogP contribution is -2.30. The Bertz CT molecular complexity index is 1040. The zero-order valence-electron chi connectivity index (χ0n) is 13.0. The van der Waals surface area contributed by atoms with Crippen LogP contribution in [0.3, 0.4) is 0 Å². The molecule has 25 heavy (non-hydrogen) atoms. The molecule has 0 unspecified atom stereocenters. The van der Waals surface area contributed by atoms with Crippen molar-refractivity contribution in [2.75, 3.05) is 10.8 Å². The number of thioether (sulfide) groups is 1. The minimum atomic E-state index is 0.678. The van der Waals surface area contributed by atoms with Crippen LogP contribution in [0.15, 0.2) is 53.7 Å². The monoisotopic (exact) mass is 385 g/mol. The van der Waals surface area contributed by atoms with Gasteiger partial charge >= 0.3 is 0 Å². The van der Waals surface area contributed by atoms with Gasteiger partial charge in [-0.05, 0) is 24.3 Å². The smallest absolute Gasteiger partial charge is 0.194 e. The summed E-state index contributed by atoms with van der Waals surface area (Å²) in [5.74, 6) is 1.64. The molecule has 4 aromatic rings. The van der Waals surface area contributed by atoms with Crippen LogP contribution in [-0.2, 0) is 6.67 Å². The van der Waals surface area contributed by atoms with Gasteiger partial charge in [0, 0.05) is 10.6 Å². The van der Waals surface area contributed by atoms with Crippen LogP contribution in [0, 0.1) is 0 Å². The Labute approximate surface area is 157 Å². The van der Waals surface area contributed by atoms with Crippen LogP contribution in [-0.4, -0.2) is 25.6 Å². The number of hydrogen-bond donors (Lipinski definition) is 0. The fourth-order valence-corrected chi connectivity index (χ4v) is 4.93. The number of aromatic nitrogens is 4. The van der Waals surface area contributed by atoms with E-state index in [4.69, 9.17) is 16.6 Å². The Hall–Kier alpha value is -2.09. The molecule has 3 heterocycles. The average molecular weight is 386 g/mol. The standard InChI is InChI=1S/C17H12ClN5S2/c18-12-5-3-4-11(8-12)15-20-21-17-23(15)9-22(10-24-17)16-19-13-6-1-2-7-14(13)25-16/h1-8H,9-10H2. The number of benzene rings is 2.